The first-order valence-corrected chi connectivity index (χ1v) is 8.57. The van der Waals surface area contributed by atoms with Crippen LogP contribution in [-0.4, -0.2) is 30.3 Å². The molecule has 0 atom stereocenters. The second-order valence-electron chi connectivity index (χ2n) is 6.30. The average molecular weight is 361 g/mol. The van der Waals surface area contributed by atoms with Crippen molar-refractivity contribution < 1.29 is 0 Å². The molecule has 1 aromatic carbocycles. The predicted molar refractivity (Wildman–Crippen MR) is 99.0 cm³/mol. The maximum atomic E-state index is 6.20. The molecule has 0 fully saturated rings. The largest absolute Gasteiger partial charge is 0.299 e. The van der Waals surface area contributed by atoms with E-state index in [9.17, 15) is 0 Å². The van der Waals surface area contributed by atoms with E-state index in [1.165, 1.54) is 0 Å². The molecule has 2 aliphatic heterocycles. The highest BCUT2D eigenvalue weighted by Gasteiger charge is 2.23. The quantitative estimate of drug-likeness (QED) is 0.453. The fourth-order valence-corrected chi connectivity index (χ4v) is 3.41. The van der Waals surface area contributed by atoms with Crippen LogP contribution < -0.4 is 0 Å². The molecule has 4 heterocycles. The summed E-state index contributed by atoms with van der Waals surface area (Å²) >= 11 is 6.20. The first kappa shape index (κ1) is 15.1. The molecule has 3 aromatic rings. The van der Waals surface area contributed by atoms with Crippen molar-refractivity contribution in [2.75, 3.05) is 0 Å². The van der Waals surface area contributed by atoms with Crippen molar-refractivity contribution in [2.45, 2.75) is 19.8 Å². The van der Waals surface area contributed by atoms with Crippen LogP contribution in [0.5, 0.6) is 0 Å². The molecule has 0 aliphatic carbocycles. The maximum Gasteiger partial charge on any atom is 0.135 e. The lowest BCUT2D eigenvalue weighted by atomic mass is 10.1. The molecule has 2 aliphatic rings. The van der Waals surface area contributed by atoms with Crippen molar-refractivity contribution >= 4 is 17.3 Å². The number of aromatic nitrogens is 5. The number of allylic oxidation sites excluding steroid dienone is 1. The maximum absolute atomic E-state index is 6.20. The van der Waals surface area contributed by atoms with Crippen LogP contribution >= 0.6 is 11.6 Å². The van der Waals surface area contributed by atoms with Gasteiger partial charge in [0.25, 0.3) is 0 Å². The second kappa shape index (κ2) is 5.68. The molecule has 0 unspecified atom stereocenters. The molecule has 126 valence electrons. The Balaban J connectivity index is 1.65. The minimum Gasteiger partial charge on any atom is -0.299 e. The van der Waals surface area contributed by atoms with Crippen molar-refractivity contribution in [1.82, 2.24) is 24.5 Å². The Morgan fingerprint density at radius 2 is 2.08 bits per heavy atom. The molecule has 0 amide bonds. The summed E-state index contributed by atoms with van der Waals surface area (Å²) in [7, 11) is 0. The third-order valence-electron chi connectivity index (χ3n) is 4.49. The van der Waals surface area contributed by atoms with Gasteiger partial charge in [0.1, 0.15) is 12.0 Å². The minimum atomic E-state index is 0.637. The van der Waals surface area contributed by atoms with Crippen molar-refractivity contribution in [1.29, 1.82) is 0 Å². The summed E-state index contributed by atoms with van der Waals surface area (Å²) in [4.78, 5) is 8.81. The molecule has 0 bridgehead atoms. The van der Waals surface area contributed by atoms with Gasteiger partial charge in [-0.25, -0.2) is 9.67 Å². The summed E-state index contributed by atoms with van der Waals surface area (Å²) < 4.78 is 3.87. The van der Waals surface area contributed by atoms with Gasteiger partial charge in [0.15, 0.2) is 0 Å². The van der Waals surface area contributed by atoms with Crippen LogP contribution in [0.1, 0.15) is 30.4 Å². The zero-order chi connectivity index (χ0) is 17.7. The number of aliphatic imine (C=N–C) groups is 1. The van der Waals surface area contributed by atoms with Gasteiger partial charge < -0.3 is 0 Å². The highest BCUT2D eigenvalue weighted by molar-refractivity contribution is 6.30. The molecule has 0 saturated heterocycles. The van der Waals surface area contributed by atoms with Crippen molar-refractivity contribution in [2.24, 2.45) is 4.99 Å². The van der Waals surface area contributed by atoms with E-state index in [0.717, 1.165) is 46.2 Å². The second-order valence-corrected chi connectivity index (χ2v) is 6.74. The molecular weight excluding hydrogens is 348 g/mol. The lowest BCUT2D eigenvalue weighted by Gasteiger charge is -2.09. The average Bonchev–Trinajstić information content (AvgIpc) is 3.33. The summed E-state index contributed by atoms with van der Waals surface area (Å²) in [6.45, 7) is 2.00. The third kappa shape index (κ3) is 2.37. The summed E-state index contributed by atoms with van der Waals surface area (Å²) in [5, 5.41) is 8.93. The summed E-state index contributed by atoms with van der Waals surface area (Å²) in [6.07, 6.45) is 6.84. The van der Waals surface area contributed by atoms with E-state index in [0.29, 0.717) is 11.4 Å². The van der Waals surface area contributed by atoms with E-state index in [-0.39, 0.29) is 0 Å². The molecule has 26 heavy (non-hydrogen) atoms. The van der Waals surface area contributed by atoms with Gasteiger partial charge >= 0.3 is 0 Å². The predicted octanol–water partition coefficient (Wildman–Crippen LogP) is 3.11. The number of fused-ring (bicyclic) bond motifs is 5. The van der Waals surface area contributed by atoms with Gasteiger partial charge in [0.05, 0.1) is 29.0 Å². The number of halogens is 1. The number of hydrogen-bond donors (Lipinski definition) is 0. The monoisotopic (exact) mass is 360 g/mol. The Morgan fingerprint density at radius 1 is 1.15 bits per heavy atom. The van der Waals surface area contributed by atoms with Crippen molar-refractivity contribution in [3.05, 3.63) is 64.6 Å². The van der Waals surface area contributed by atoms with Gasteiger partial charge in [0.2, 0.25) is 0 Å². The molecule has 6 nitrogen and oxygen atoms in total. The normalized spacial score (nSPS) is 14.4. The van der Waals surface area contributed by atoms with Gasteiger partial charge in [-0.2, -0.15) is 0 Å². The fourth-order valence-electron chi connectivity index (χ4n) is 3.25. The van der Waals surface area contributed by atoms with Crippen LogP contribution in [0.15, 0.2) is 47.5 Å². The first-order valence-electron chi connectivity index (χ1n) is 8.19. The molecular formula is C19H13ClN6. The van der Waals surface area contributed by atoms with Crippen LogP contribution in [0.25, 0.3) is 11.4 Å². The summed E-state index contributed by atoms with van der Waals surface area (Å²) in [6, 6.07) is 5.72. The minimum absolute atomic E-state index is 0.637. The Hall–Kier alpha value is -3.17. The highest BCUT2D eigenvalue weighted by atomic mass is 35.5. The molecule has 2 aromatic heterocycles. The molecule has 0 N–H and O–H groups in total. The van der Waals surface area contributed by atoms with Gasteiger partial charge in [-0.1, -0.05) is 22.7 Å². The van der Waals surface area contributed by atoms with E-state index in [1.807, 2.05) is 36.0 Å². The number of nitrogens with zero attached hydrogens (tertiary/aromatic N) is 6. The topological polar surface area (TPSA) is 60.9 Å². The fraction of sp³-hybridized carbons (Fsp3) is 0.158. The van der Waals surface area contributed by atoms with Crippen LogP contribution in [-0.2, 0) is 6.42 Å². The molecule has 0 radical (unpaired) electrons. The molecule has 5 rings (SSSR count). The zero-order valence-corrected chi connectivity index (χ0v) is 14.7. The van der Waals surface area contributed by atoms with Gasteiger partial charge in [-0.15, -0.1) is 5.10 Å². The van der Waals surface area contributed by atoms with E-state index in [1.54, 1.807) is 12.5 Å². The highest BCUT2D eigenvalue weighted by Crippen LogP contribution is 2.30. The van der Waals surface area contributed by atoms with Crippen molar-refractivity contribution in [3.63, 3.8) is 0 Å². The Bertz CT molecular complexity index is 1170. The Morgan fingerprint density at radius 3 is 2.92 bits per heavy atom. The van der Waals surface area contributed by atoms with Gasteiger partial charge in [-0.05, 0) is 31.0 Å². The first-order chi connectivity index (χ1) is 12.7. The Labute approximate surface area is 154 Å². The standard InChI is InChI=1S/C19H13ClN6/c1-12-6-13(9-21-12)2-4-16-18-8-15-10-23-24-26(15)19-7-14(20)3-5-17(19)25(18)11-22-16/h3,5,7,9-11H,6,8H2,1H3. The summed E-state index contributed by atoms with van der Waals surface area (Å²) in [5.74, 6) is 6.41. The van der Waals surface area contributed by atoms with Gasteiger partial charge in [0, 0.05) is 35.3 Å². The molecule has 0 spiro atoms. The van der Waals surface area contributed by atoms with Crippen LogP contribution in [0.4, 0.5) is 0 Å². The van der Waals surface area contributed by atoms with Crippen LogP contribution in [0, 0.1) is 11.8 Å². The molecule has 7 heteroatoms. The number of imidazole rings is 1. The van der Waals surface area contributed by atoms with E-state index < -0.39 is 0 Å². The van der Waals surface area contributed by atoms with E-state index >= 15 is 0 Å². The van der Waals surface area contributed by atoms with E-state index in [4.69, 9.17) is 11.6 Å². The number of rotatable bonds is 0. The van der Waals surface area contributed by atoms with Crippen molar-refractivity contribution in [3.8, 4) is 23.2 Å². The van der Waals surface area contributed by atoms with Crippen LogP contribution in [0.2, 0.25) is 5.02 Å². The van der Waals surface area contributed by atoms with E-state index in [2.05, 4.69) is 36.7 Å². The number of benzene rings is 1. The number of hydrogen-bond acceptors (Lipinski definition) is 4. The lowest BCUT2D eigenvalue weighted by Crippen LogP contribution is -2.03. The Kier molecular flexibility index (Phi) is 3.30. The lowest BCUT2D eigenvalue weighted by molar-refractivity contribution is 0.778. The SMILES string of the molecule is CC1=NC=C(C#Cc2ncn3c2Cc2cnnn2-c2cc(Cl)ccc2-3)C1. The third-order valence-corrected chi connectivity index (χ3v) is 4.72. The van der Waals surface area contributed by atoms with Gasteiger partial charge in [-0.3, -0.25) is 9.56 Å². The summed E-state index contributed by atoms with van der Waals surface area (Å²) in [5.41, 5.74) is 6.66. The van der Waals surface area contributed by atoms with Crippen LogP contribution in [0.3, 0.4) is 0 Å². The smallest absolute Gasteiger partial charge is 0.135 e. The molecule has 0 saturated carbocycles. The zero-order valence-electron chi connectivity index (χ0n) is 13.9.